The second kappa shape index (κ2) is 6.51. The van der Waals surface area contributed by atoms with Gasteiger partial charge in [0, 0.05) is 34.3 Å². The monoisotopic (exact) mass is 266 g/mol. The first-order chi connectivity index (χ1) is 9.19. The van der Waals surface area contributed by atoms with Crippen molar-refractivity contribution in [2.75, 3.05) is 49.8 Å². The first kappa shape index (κ1) is 13.8. The molecule has 1 fully saturated rings. The van der Waals surface area contributed by atoms with Crippen LogP contribution in [0.4, 0.5) is 17.8 Å². The number of hydrogen-bond donors (Lipinski definition) is 2. The largest absolute Gasteiger partial charge is 0.376 e. The molecule has 1 unspecified atom stereocenters. The van der Waals surface area contributed by atoms with Gasteiger partial charge in [0.25, 0.3) is 0 Å². The molecule has 0 aromatic carbocycles. The molecule has 1 atom stereocenters. The molecule has 0 spiro atoms. The second-order valence-corrected chi connectivity index (χ2v) is 4.80. The van der Waals surface area contributed by atoms with Gasteiger partial charge in [-0.3, -0.25) is 0 Å². The number of hydrogen-bond acceptors (Lipinski definition) is 7. The molecule has 1 aliphatic rings. The van der Waals surface area contributed by atoms with E-state index in [4.69, 9.17) is 4.74 Å². The summed E-state index contributed by atoms with van der Waals surface area (Å²) < 4.78 is 5.67. The number of nitrogens with one attached hydrogen (secondary N) is 2. The number of ether oxygens (including phenoxy) is 1. The Hall–Kier alpha value is -1.63. The molecule has 106 valence electrons. The fourth-order valence-corrected chi connectivity index (χ4v) is 1.93. The van der Waals surface area contributed by atoms with Crippen LogP contribution in [-0.2, 0) is 4.74 Å². The van der Waals surface area contributed by atoms with E-state index < -0.39 is 0 Å². The van der Waals surface area contributed by atoms with Crippen LogP contribution in [0.5, 0.6) is 0 Å². The van der Waals surface area contributed by atoms with Gasteiger partial charge < -0.3 is 20.3 Å². The Balaban J connectivity index is 2.00. The average molecular weight is 266 g/mol. The Bertz CT molecular complexity index is 405. The van der Waals surface area contributed by atoms with Gasteiger partial charge in [-0.2, -0.15) is 15.0 Å². The Kier molecular flexibility index (Phi) is 4.73. The Morgan fingerprint density at radius 2 is 2.00 bits per heavy atom. The fraction of sp³-hybridized carbons (Fsp3) is 0.750. The van der Waals surface area contributed by atoms with Crippen molar-refractivity contribution >= 4 is 17.8 Å². The van der Waals surface area contributed by atoms with Crippen molar-refractivity contribution in [2.45, 2.75) is 25.4 Å². The summed E-state index contributed by atoms with van der Waals surface area (Å²) in [5, 5.41) is 6.17. The van der Waals surface area contributed by atoms with Crippen molar-refractivity contribution in [2.24, 2.45) is 0 Å². The Morgan fingerprint density at radius 1 is 1.21 bits per heavy atom. The summed E-state index contributed by atoms with van der Waals surface area (Å²) in [6.07, 6.45) is 3.74. The normalized spacial score (nSPS) is 19.0. The van der Waals surface area contributed by atoms with Gasteiger partial charge in [-0.25, -0.2) is 0 Å². The van der Waals surface area contributed by atoms with Crippen LogP contribution < -0.4 is 15.5 Å². The van der Waals surface area contributed by atoms with E-state index in [1.165, 1.54) is 6.42 Å². The molecule has 7 heteroatoms. The molecule has 0 radical (unpaired) electrons. The van der Waals surface area contributed by atoms with Crippen LogP contribution in [0.3, 0.4) is 0 Å². The minimum absolute atomic E-state index is 0.256. The molecule has 19 heavy (non-hydrogen) atoms. The number of nitrogens with zero attached hydrogens (tertiary/aromatic N) is 4. The first-order valence-corrected chi connectivity index (χ1v) is 6.65. The first-order valence-electron chi connectivity index (χ1n) is 6.65. The molecular weight excluding hydrogens is 244 g/mol. The van der Waals surface area contributed by atoms with Crippen molar-refractivity contribution in [3.8, 4) is 0 Å². The van der Waals surface area contributed by atoms with Crippen LogP contribution in [0.1, 0.15) is 19.3 Å². The lowest BCUT2D eigenvalue weighted by Gasteiger charge is -2.23. The molecule has 0 amide bonds. The molecular formula is C12H22N6O. The van der Waals surface area contributed by atoms with Crippen LogP contribution in [-0.4, -0.2) is 55.4 Å². The average Bonchev–Trinajstić information content (AvgIpc) is 2.45. The molecule has 2 rings (SSSR count). The van der Waals surface area contributed by atoms with Crippen molar-refractivity contribution < 1.29 is 4.74 Å². The van der Waals surface area contributed by atoms with Gasteiger partial charge in [-0.05, 0) is 19.3 Å². The van der Waals surface area contributed by atoms with E-state index in [0.29, 0.717) is 17.8 Å². The lowest BCUT2D eigenvalue weighted by atomic mass is 10.1. The molecule has 0 saturated carbocycles. The third-order valence-electron chi connectivity index (χ3n) is 3.01. The molecule has 2 N–H and O–H groups in total. The summed E-state index contributed by atoms with van der Waals surface area (Å²) in [5.41, 5.74) is 0. The highest BCUT2D eigenvalue weighted by Gasteiger charge is 2.14. The van der Waals surface area contributed by atoms with E-state index in [-0.39, 0.29) is 6.10 Å². The molecule has 0 aliphatic carbocycles. The van der Waals surface area contributed by atoms with Crippen molar-refractivity contribution in [1.29, 1.82) is 0 Å². The molecule has 1 aromatic heterocycles. The van der Waals surface area contributed by atoms with Gasteiger partial charge in [-0.15, -0.1) is 0 Å². The van der Waals surface area contributed by atoms with E-state index >= 15 is 0 Å². The summed E-state index contributed by atoms with van der Waals surface area (Å²) in [4.78, 5) is 14.8. The maximum absolute atomic E-state index is 5.67. The predicted octanol–water partition coefficient (Wildman–Crippen LogP) is 0.960. The van der Waals surface area contributed by atoms with Crippen molar-refractivity contribution in [1.82, 2.24) is 15.0 Å². The third-order valence-corrected chi connectivity index (χ3v) is 3.01. The zero-order valence-electron chi connectivity index (χ0n) is 11.8. The van der Waals surface area contributed by atoms with Gasteiger partial charge in [0.05, 0.1) is 6.10 Å². The zero-order valence-corrected chi connectivity index (χ0v) is 11.8. The molecule has 1 aliphatic heterocycles. The zero-order chi connectivity index (χ0) is 13.7. The summed E-state index contributed by atoms with van der Waals surface area (Å²) in [6, 6.07) is 0. The standard InChI is InChI=1S/C12H22N6O/c1-13-10-15-11(17-12(16-10)18(2)3)14-8-9-6-4-5-7-19-9/h9H,4-8H2,1-3H3,(H2,13,14,15,16,17). The van der Waals surface area contributed by atoms with Gasteiger partial charge in [0.2, 0.25) is 17.8 Å². The second-order valence-electron chi connectivity index (χ2n) is 4.80. The number of rotatable bonds is 5. The molecule has 7 nitrogen and oxygen atoms in total. The summed E-state index contributed by atoms with van der Waals surface area (Å²) >= 11 is 0. The van der Waals surface area contributed by atoms with Crippen LogP contribution in [0.15, 0.2) is 0 Å². The predicted molar refractivity (Wildman–Crippen MR) is 75.8 cm³/mol. The number of aromatic nitrogens is 3. The van der Waals surface area contributed by atoms with Crippen LogP contribution in [0.25, 0.3) is 0 Å². The summed E-state index contributed by atoms with van der Waals surface area (Å²) in [7, 11) is 5.61. The van der Waals surface area contributed by atoms with E-state index in [9.17, 15) is 0 Å². The van der Waals surface area contributed by atoms with E-state index in [1.807, 2.05) is 19.0 Å². The molecule has 2 heterocycles. The van der Waals surface area contributed by atoms with E-state index in [0.717, 1.165) is 26.0 Å². The Labute approximate surface area is 113 Å². The third kappa shape index (κ3) is 3.92. The Morgan fingerprint density at radius 3 is 2.63 bits per heavy atom. The van der Waals surface area contributed by atoms with E-state index in [1.54, 1.807) is 7.05 Å². The smallest absolute Gasteiger partial charge is 0.231 e. The van der Waals surface area contributed by atoms with E-state index in [2.05, 4.69) is 25.6 Å². The molecule has 0 bridgehead atoms. The van der Waals surface area contributed by atoms with Gasteiger partial charge >= 0.3 is 0 Å². The van der Waals surface area contributed by atoms with Gasteiger partial charge in [0.1, 0.15) is 0 Å². The maximum atomic E-state index is 5.67. The lowest BCUT2D eigenvalue weighted by Crippen LogP contribution is -2.28. The van der Waals surface area contributed by atoms with Gasteiger partial charge in [-0.1, -0.05) is 0 Å². The van der Waals surface area contributed by atoms with Crippen LogP contribution in [0.2, 0.25) is 0 Å². The topological polar surface area (TPSA) is 75.2 Å². The number of anilines is 3. The molecule has 1 saturated heterocycles. The van der Waals surface area contributed by atoms with Crippen molar-refractivity contribution in [3.05, 3.63) is 0 Å². The van der Waals surface area contributed by atoms with Crippen molar-refractivity contribution in [3.63, 3.8) is 0 Å². The minimum Gasteiger partial charge on any atom is -0.376 e. The SMILES string of the molecule is CNc1nc(NCC2CCCCO2)nc(N(C)C)n1. The van der Waals surface area contributed by atoms with Crippen LogP contribution in [0, 0.1) is 0 Å². The van der Waals surface area contributed by atoms with Gasteiger partial charge in [0.15, 0.2) is 0 Å². The quantitative estimate of drug-likeness (QED) is 0.822. The molecule has 1 aromatic rings. The lowest BCUT2D eigenvalue weighted by molar-refractivity contribution is 0.0246. The fourth-order valence-electron chi connectivity index (χ4n) is 1.93. The maximum Gasteiger partial charge on any atom is 0.231 e. The highest BCUT2D eigenvalue weighted by atomic mass is 16.5. The minimum atomic E-state index is 0.256. The van der Waals surface area contributed by atoms with Crippen LogP contribution >= 0.6 is 0 Å². The summed E-state index contributed by atoms with van der Waals surface area (Å²) in [5.74, 6) is 1.77. The summed E-state index contributed by atoms with van der Waals surface area (Å²) in [6.45, 7) is 1.59. The highest BCUT2D eigenvalue weighted by molar-refractivity contribution is 5.42. The highest BCUT2D eigenvalue weighted by Crippen LogP contribution is 2.14.